The third-order valence-corrected chi connectivity index (χ3v) is 5.40. The van der Waals surface area contributed by atoms with Crippen LogP contribution in [0.2, 0.25) is 0 Å². The summed E-state index contributed by atoms with van der Waals surface area (Å²) in [6, 6.07) is 13.5. The van der Waals surface area contributed by atoms with Gasteiger partial charge in [0.05, 0.1) is 24.0 Å². The van der Waals surface area contributed by atoms with E-state index in [1.165, 1.54) is 7.11 Å². The van der Waals surface area contributed by atoms with E-state index in [9.17, 15) is 18.0 Å². The molecule has 26 heavy (non-hydrogen) atoms. The Kier molecular flexibility index (Phi) is 5.06. The lowest BCUT2D eigenvalue weighted by atomic mass is 10.1. The first-order valence-electron chi connectivity index (χ1n) is 7.97. The molecule has 1 N–H and O–H groups in total. The van der Waals surface area contributed by atoms with Gasteiger partial charge in [-0.1, -0.05) is 24.3 Å². The second-order valence-corrected chi connectivity index (χ2v) is 7.73. The minimum absolute atomic E-state index is 0.0989. The number of nitrogens with one attached hydrogen (secondary N) is 1. The van der Waals surface area contributed by atoms with Crippen LogP contribution in [0.3, 0.4) is 0 Å². The zero-order valence-electron chi connectivity index (χ0n) is 14.1. The fourth-order valence-corrected chi connectivity index (χ4v) is 3.66. The number of sulfonamides is 1. The molecule has 0 radical (unpaired) electrons. The second-order valence-electron chi connectivity index (χ2n) is 5.80. The Morgan fingerprint density at radius 2 is 1.65 bits per heavy atom. The highest BCUT2D eigenvalue weighted by molar-refractivity contribution is 7.89. The third kappa shape index (κ3) is 3.76. The van der Waals surface area contributed by atoms with Crippen LogP contribution >= 0.6 is 0 Å². The van der Waals surface area contributed by atoms with Crippen molar-refractivity contribution in [2.24, 2.45) is 0 Å². The predicted octanol–water partition coefficient (Wildman–Crippen LogP) is 1.41. The maximum atomic E-state index is 12.2. The summed E-state index contributed by atoms with van der Waals surface area (Å²) in [5.41, 5.74) is 1.35. The lowest BCUT2D eigenvalue weighted by molar-refractivity contribution is 0.0664. The summed E-state index contributed by atoms with van der Waals surface area (Å²) in [6.07, 6.45) is 0. The topological polar surface area (TPSA) is 92.8 Å². The Bertz CT molecular complexity index is 921. The molecule has 0 bridgehead atoms. The number of carbonyl (C=O) groups excluding carboxylic acids is 2. The highest BCUT2D eigenvalue weighted by Crippen LogP contribution is 2.22. The number of imide groups is 1. The van der Waals surface area contributed by atoms with E-state index in [4.69, 9.17) is 4.74 Å². The quantitative estimate of drug-likeness (QED) is 0.740. The number of amides is 2. The molecule has 2 aromatic carbocycles. The van der Waals surface area contributed by atoms with Crippen molar-refractivity contribution < 1.29 is 22.7 Å². The number of benzene rings is 2. The Labute approximate surface area is 151 Å². The largest absolute Gasteiger partial charge is 0.497 e. The number of hydrogen-bond donors (Lipinski definition) is 1. The van der Waals surface area contributed by atoms with Crippen LogP contribution in [-0.4, -0.2) is 44.5 Å². The molecule has 7 nitrogen and oxygen atoms in total. The fraction of sp³-hybridized carbons (Fsp3) is 0.222. The molecule has 0 saturated heterocycles. The first-order chi connectivity index (χ1) is 12.4. The number of ether oxygens (including phenoxy) is 1. The lowest BCUT2D eigenvalue weighted by Crippen LogP contribution is -2.37. The fourth-order valence-electron chi connectivity index (χ4n) is 2.70. The smallest absolute Gasteiger partial charge is 0.261 e. The number of fused-ring (bicyclic) bond motifs is 1. The standard InChI is InChI=1S/C18H18N2O5S/c1-25-14-6-4-5-13(11-14)12-19-26(23,24)10-9-20-17(21)15-7-2-3-8-16(15)18(20)22/h2-8,11,19H,9-10,12H2,1H3. The van der Waals surface area contributed by atoms with Crippen molar-refractivity contribution in [1.29, 1.82) is 0 Å². The number of rotatable bonds is 7. The lowest BCUT2D eigenvalue weighted by Gasteiger charge is -2.14. The Morgan fingerprint density at radius 1 is 1.00 bits per heavy atom. The van der Waals surface area contributed by atoms with Crippen LogP contribution in [0.1, 0.15) is 26.3 Å². The zero-order valence-corrected chi connectivity index (χ0v) is 15.0. The molecule has 0 aliphatic carbocycles. The van der Waals surface area contributed by atoms with Gasteiger partial charge in [0.1, 0.15) is 5.75 Å². The highest BCUT2D eigenvalue weighted by Gasteiger charge is 2.35. The molecule has 2 aromatic rings. The van der Waals surface area contributed by atoms with Gasteiger partial charge in [-0.25, -0.2) is 13.1 Å². The van der Waals surface area contributed by atoms with Gasteiger partial charge in [0, 0.05) is 13.1 Å². The molecule has 0 aromatic heterocycles. The van der Waals surface area contributed by atoms with Gasteiger partial charge in [-0.3, -0.25) is 14.5 Å². The van der Waals surface area contributed by atoms with Crippen molar-refractivity contribution in [3.63, 3.8) is 0 Å². The first kappa shape index (κ1) is 18.1. The maximum Gasteiger partial charge on any atom is 0.261 e. The molecule has 1 aliphatic rings. The van der Waals surface area contributed by atoms with E-state index in [2.05, 4.69) is 4.72 Å². The monoisotopic (exact) mass is 374 g/mol. The van der Waals surface area contributed by atoms with Crippen molar-refractivity contribution in [1.82, 2.24) is 9.62 Å². The summed E-state index contributed by atoms with van der Waals surface area (Å²) in [5.74, 6) is -0.655. The highest BCUT2D eigenvalue weighted by atomic mass is 32.2. The van der Waals surface area contributed by atoms with Crippen LogP contribution in [0.15, 0.2) is 48.5 Å². The molecule has 0 spiro atoms. The minimum atomic E-state index is -3.66. The van der Waals surface area contributed by atoms with Crippen LogP contribution < -0.4 is 9.46 Å². The average Bonchev–Trinajstić information content (AvgIpc) is 2.90. The van der Waals surface area contributed by atoms with Gasteiger partial charge in [-0.2, -0.15) is 0 Å². The van der Waals surface area contributed by atoms with E-state index >= 15 is 0 Å². The summed E-state index contributed by atoms with van der Waals surface area (Å²) >= 11 is 0. The summed E-state index contributed by atoms with van der Waals surface area (Å²) in [6.45, 7) is -0.0958. The molecule has 2 amide bonds. The summed E-state index contributed by atoms with van der Waals surface area (Å²) in [5, 5.41) is 0. The molecule has 0 unspecified atom stereocenters. The Morgan fingerprint density at radius 3 is 2.27 bits per heavy atom. The summed E-state index contributed by atoms with van der Waals surface area (Å²) < 4.78 is 32.0. The van der Waals surface area contributed by atoms with E-state index in [0.717, 1.165) is 10.5 Å². The number of methoxy groups -OCH3 is 1. The molecule has 0 fully saturated rings. The number of nitrogens with zero attached hydrogens (tertiary/aromatic N) is 1. The van der Waals surface area contributed by atoms with E-state index in [0.29, 0.717) is 16.9 Å². The van der Waals surface area contributed by atoms with Crippen LogP contribution in [0.5, 0.6) is 5.75 Å². The van der Waals surface area contributed by atoms with Crippen molar-refractivity contribution in [2.75, 3.05) is 19.4 Å². The van der Waals surface area contributed by atoms with Crippen molar-refractivity contribution in [3.05, 3.63) is 65.2 Å². The zero-order chi connectivity index (χ0) is 18.7. The van der Waals surface area contributed by atoms with Gasteiger partial charge in [-0.05, 0) is 29.8 Å². The molecular formula is C18H18N2O5S. The summed E-state index contributed by atoms with van der Waals surface area (Å²) in [7, 11) is -2.12. The molecule has 0 atom stereocenters. The second kappa shape index (κ2) is 7.27. The Hall–Kier alpha value is -2.71. The van der Waals surface area contributed by atoms with Crippen LogP contribution in [0.4, 0.5) is 0 Å². The van der Waals surface area contributed by atoms with Gasteiger partial charge in [0.2, 0.25) is 10.0 Å². The molecule has 8 heteroatoms. The Balaban J connectivity index is 1.60. The van der Waals surface area contributed by atoms with E-state index in [1.54, 1.807) is 48.5 Å². The number of carbonyl (C=O) groups is 2. The maximum absolute atomic E-state index is 12.2. The van der Waals surface area contributed by atoms with Gasteiger partial charge in [-0.15, -0.1) is 0 Å². The van der Waals surface area contributed by atoms with Crippen molar-refractivity contribution in [3.8, 4) is 5.75 Å². The molecule has 1 heterocycles. The molecule has 136 valence electrons. The molecule has 3 rings (SSSR count). The number of hydrogen-bond acceptors (Lipinski definition) is 5. The normalized spacial score (nSPS) is 13.8. The first-order valence-corrected chi connectivity index (χ1v) is 9.62. The van der Waals surface area contributed by atoms with E-state index < -0.39 is 21.8 Å². The average molecular weight is 374 g/mol. The van der Waals surface area contributed by atoms with Gasteiger partial charge < -0.3 is 4.74 Å². The van der Waals surface area contributed by atoms with Crippen molar-refractivity contribution in [2.45, 2.75) is 6.54 Å². The minimum Gasteiger partial charge on any atom is -0.497 e. The van der Waals surface area contributed by atoms with Gasteiger partial charge in [0.25, 0.3) is 11.8 Å². The molecule has 0 saturated carbocycles. The predicted molar refractivity (Wildman–Crippen MR) is 95.4 cm³/mol. The van der Waals surface area contributed by atoms with Crippen LogP contribution in [0, 0.1) is 0 Å². The van der Waals surface area contributed by atoms with Crippen LogP contribution in [0.25, 0.3) is 0 Å². The molecule has 1 aliphatic heterocycles. The van der Waals surface area contributed by atoms with E-state index in [-0.39, 0.29) is 18.8 Å². The summed E-state index contributed by atoms with van der Waals surface area (Å²) in [4.78, 5) is 25.5. The van der Waals surface area contributed by atoms with E-state index in [1.807, 2.05) is 0 Å². The van der Waals surface area contributed by atoms with Gasteiger partial charge >= 0.3 is 0 Å². The van der Waals surface area contributed by atoms with Crippen LogP contribution in [-0.2, 0) is 16.6 Å². The van der Waals surface area contributed by atoms with Crippen molar-refractivity contribution >= 4 is 21.8 Å². The third-order valence-electron chi connectivity index (χ3n) is 4.09. The SMILES string of the molecule is COc1cccc(CNS(=O)(=O)CCN2C(=O)c3ccccc3C2=O)c1. The molecular weight excluding hydrogens is 356 g/mol. The van der Waals surface area contributed by atoms with Gasteiger partial charge in [0.15, 0.2) is 0 Å².